The van der Waals surface area contributed by atoms with Gasteiger partial charge in [-0.15, -0.1) is 0 Å². The van der Waals surface area contributed by atoms with Gasteiger partial charge in [-0.25, -0.2) is 0 Å². The molecule has 21 heavy (non-hydrogen) atoms. The quantitative estimate of drug-likeness (QED) is 0.784. The predicted octanol–water partition coefficient (Wildman–Crippen LogP) is 4.20. The van der Waals surface area contributed by atoms with Gasteiger partial charge in [0.25, 0.3) is 0 Å². The van der Waals surface area contributed by atoms with E-state index in [1.54, 1.807) is 0 Å². The molecule has 2 aromatic carbocycles. The number of ether oxygens (including phenoxy) is 1. The Morgan fingerprint density at radius 1 is 1.00 bits per heavy atom. The van der Waals surface area contributed by atoms with Crippen LogP contribution in [0.3, 0.4) is 0 Å². The fourth-order valence-corrected chi connectivity index (χ4v) is 2.33. The second-order valence-corrected chi connectivity index (χ2v) is 5.39. The number of benzene rings is 2. The standard InChI is InChI=1S/C19H25NO/c1-3-21-19-11-7-10-18(14-19)15-20-16(2)12-13-17-8-5-4-6-9-17/h4-11,14,16,20H,3,12-13,15H2,1-2H3. The summed E-state index contributed by atoms with van der Waals surface area (Å²) in [7, 11) is 0. The van der Waals surface area contributed by atoms with Crippen LogP contribution in [0.25, 0.3) is 0 Å². The molecule has 0 radical (unpaired) electrons. The van der Waals surface area contributed by atoms with Crippen molar-refractivity contribution < 1.29 is 4.74 Å². The lowest BCUT2D eigenvalue weighted by atomic mass is 10.1. The van der Waals surface area contributed by atoms with E-state index >= 15 is 0 Å². The first kappa shape index (κ1) is 15.6. The molecule has 1 unspecified atom stereocenters. The molecule has 0 aliphatic heterocycles. The summed E-state index contributed by atoms with van der Waals surface area (Å²) in [5.74, 6) is 0.953. The van der Waals surface area contributed by atoms with Gasteiger partial charge in [0.1, 0.15) is 5.75 Å². The minimum Gasteiger partial charge on any atom is -0.494 e. The van der Waals surface area contributed by atoms with Gasteiger partial charge >= 0.3 is 0 Å². The van der Waals surface area contributed by atoms with Crippen LogP contribution in [-0.4, -0.2) is 12.6 Å². The molecule has 0 saturated heterocycles. The lowest BCUT2D eigenvalue weighted by Crippen LogP contribution is -2.25. The number of hydrogen-bond donors (Lipinski definition) is 1. The van der Waals surface area contributed by atoms with Crippen LogP contribution in [-0.2, 0) is 13.0 Å². The third-order valence-electron chi connectivity index (χ3n) is 3.57. The van der Waals surface area contributed by atoms with E-state index in [4.69, 9.17) is 4.74 Å². The minimum atomic E-state index is 0.501. The lowest BCUT2D eigenvalue weighted by Gasteiger charge is -2.14. The first-order valence-corrected chi connectivity index (χ1v) is 7.77. The van der Waals surface area contributed by atoms with Crippen LogP contribution < -0.4 is 10.1 Å². The summed E-state index contributed by atoms with van der Waals surface area (Å²) in [4.78, 5) is 0. The lowest BCUT2D eigenvalue weighted by molar-refractivity contribution is 0.339. The highest BCUT2D eigenvalue weighted by atomic mass is 16.5. The molecule has 0 amide bonds. The zero-order chi connectivity index (χ0) is 14.9. The first-order chi connectivity index (χ1) is 10.3. The summed E-state index contributed by atoms with van der Waals surface area (Å²) in [6, 6.07) is 19.5. The number of hydrogen-bond acceptors (Lipinski definition) is 2. The van der Waals surface area contributed by atoms with Gasteiger partial charge in [0.2, 0.25) is 0 Å². The molecule has 2 rings (SSSR count). The summed E-state index contributed by atoms with van der Waals surface area (Å²) in [6.45, 7) is 5.85. The molecule has 0 saturated carbocycles. The van der Waals surface area contributed by atoms with Crippen molar-refractivity contribution in [2.24, 2.45) is 0 Å². The highest BCUT2D eigenvalue weighted by molar-refractivity contribution is 5.28. The molecule has 0 fully saturated rings. The fraction of sp³-hybridized carbons (Fsp3) is 0.368. The summed E-state index contributed by atoms with van der Waals surface area (Å²) < 4.78 is 5.53. The fourth-order valence-electron chi connectivity index (χ4n) is 2.33. The zero-order valence-electron chi connectivity index (χ0n) is 13.0. The van der Waals surface area contributed by atoms with Crippen LogP contribution in [0.2, 0.25) is 0 Å². The first-order valence-electron chi connectivity index (χ1n) is 7.77. The zero-order valence-corrected chi connectivity index (χ0v) is 13.0. The Kier molecular flexibility index (Phi) is 6.29. The Morgan fingerprint density at radius 2 is 1.76 bits per heavy atom. The Labute approximate surface area is 128 Å². The van der Waals surface area contributed by atoms with Gasteiger partial charge in [0.15, 0.2) is 0 Å². The Morgan fingerprint density at radius 3 is 2.52 bits per heavy atom. The van der Waals surface area contributed by atoms with Gasteiger partial charge in [-0.2, -0.15) is 0 Å². The van der Waals surface area contributed by atoms with Crippen molar-refractivity contribution >= 4 is 0 Å². The Bertz CT molecular complexity index is 524. The van der Waals surface area contributed by atoms with Gasteiger partial charge in [-0.1, -0.05) is 42.5 Å². The molecule has 2 heteroatoms. The molecule has 2 aromatic rings. The van der Waals surface area contributed by atoms with E-state index in [0.717, 1.165) is 25.1 Å². The minimum absolute atomic E-state index is 0.501. The topological polar surface area (TPSA) is 21.3 Å². The average Bonchev–Trinajstić information content (AvgIpc) is 2.53. The van der Waals surface area contributed by atoms with Crippen LogP contribution in [0, 0.1) is 0 Å². The number of rotatable bonds is 8. The summed E-state index contributed by atoms with van der Waals surface area (Å²) in [6.07, 6.45) is 2.27. The van der Waals surface area contributed by atoms with E-state index in [0.29, 0.717) is 12.6 Å². The van der Waals surface area contributed by atoms with E-state index < -0.39 is 0 Å². The molecule has 0 heterocycles. The Balaban J connectivity index is 1.75. The van der Waals surface area contributed by atoms with Crippen LogP contribution >= 0.6 is 0 Å². The van der Waals surface area contributed by atoms with Crippen molar-refractivity contribution in [1.29, 1.82) is 0 Å². The summed E-state index contributed by atoms with van der Waals surface area (Å²) >= 11 is 0. The van der Waals surface area contributed by atoms with Crippen molar-refractivity contribution in [2.75, 3.05) is 6.61 Å². The van der Waals surface area contributed by atoms with Gasteiger partial charge in [0.05, 0.1) is 6.61 Å². The van der Waals surface area contributed by atoms with E-state index in [1.165, 1.54) is 11.1 Å². The van der Waals surface area contributed by atoms with E-state index in [-0.39, 0.29) is 0 Å². The summed E-state index contributed by atoms with van der Waals surface area (Å²) in [5.41, 5.74) is 2.68. The van der Waals surface area contributed by atoms with Crippen molar-refractivity contribution in [3.63, 3.8) is 0 Å². The monoisotopic (exact) mass is 283 g/mol. The molecule has 0 aromatic heterocycles. The van der Waals surface area contributed by atoms with Crippen molar-refractivity contribution in [1.82, 2.24) is 5.32 Å². The normalized spacial score (nSPS) is 12.1. The van der Waals surface area contributed by atoms with Crippen molar-refractivity contribution in [3.8, 4) is 5.75 Å². The van der Waals surface area contributed by atoms with E-state index in [9.17, 15) is 0 Å². The third kappa shape index (κ3) is 5.60. The molecule has 112 valence electrons. The van der Waals surface area contributed by atoms with E-state index in [1.807, 2.05) is 13.0 Å². The molecule has 1 atom stereocenters. The SMILES string of the molecule is CCOc1cccc(CNC(C)CCc2ccccc2)c1. The average molecular weight is 283 g/mol. The van der Waals surface area contributed by atoms with Crippen molar-refractivity contribution in [3.05, 3.63) is 65.7 Å². The van der Waals surface area contributed by atoms with Crippen LogP contribution in [0.15, 0.2) is 54.6 Å². The maximum atomic E-state index is 5.53. The molecule has 0 aliphatic carbocycles. The molecule has 2 nitrogen and oxygen atoms in total. The second kappa shape index (κ2) is 8.48. The van der Waals surface area contributed by atoms with Gasteiger partial charge in [-0.05, 0) is 49.9 Å². The molecular weight excluding hydrogens is 258 g/mol. The van der Waals surface area contributed by atoms with Crippen LogP contribution in [0.1, 0.15) is 31.4 Å². The van der Waals surface area contributed by atoms with Gasteiger partial charge in [0, 0.05) is 12.6 Å². The van der Waals surface area contributed by atoms with Crippen LogP contribution in [0.5, 0.6) is 5.75 Å². The van der Waals surface area contributed by atoms with Crippen molar-refractivity contribution in [2.45, 2.75) is 39.3 Å². The van der Waals surface area contributed by atoms with E-state index in [2.05, 4.69) is 60.8 Å². The number of aryl methyl sites for hydroxylation is 1. The summed E-state index contributed by atoms with van der Waals surface area (Å²) in [5, 5.41) is 3.58. The molecule has 1 N–H and O–H groups in total. The smallest absolute Gasteiger partial charge is 0.119 e. The van der Waals surface area contributed by atoms with Crippen LogP contribution in [0.4, 0.5) is 0 Å². The largest absolute Gasteiger partial charge is 0.494 e. The van der Waals surface area contributed by atoms with Gasteiger partial charge in [-0.3, -0.25) is 0 Å². The molecule has 0 aliphatic rings. The highest BCUT2D eigenvalue weighted by Crippen LogP contribution is 2.13. The molecule has 0 spiro atoms. The maximum absolute atomic E-state index is 5.53. The van der Waals surface area contributed by atoms with Gasteiger partial charge < -0.3 is 10.1 Å². The predicted molar refractivity (Wildman–Crippen MR) is 88.7 cm³/mol. The molecular formula is C19H25NO. The second-order valence-electron chi connectivity index (χ2n) is 5.39. The number of nitrogens with one attached hydrogen (secondary N) is 1. The maximum Gasteiger partial charge on any atom is 0.119 e. The molecule has 0 bridgehead atoms. The third-order valence-corrected chi connectivity index (χ3v) is 3.57. The highest BCUT2D eigenvalue weighted by Gasteiger charge is 2.03. The Hall–Kier alpha value is -1.80.